The van der Waals surface area contributed by atoms with E-state index < -0.39 is 0 Å². The molecular formula is C16H17ClN2O. The third kappa shape index (κ3) is 2.29. The molecule has 2 aromatic carbocycles. The van der Waals surface area contributed by atoms with E-state index in [1.165, 1.54) is 5.56 Å². The van der Waals surface area contributed by atoms with E-state index in [2.05, 4.69) is 29.7 Å². The zero-order chi connectivity index (χ0) is 14.1. The smallest absolute Gasteiger partial charge is 0.127 e. The molecule has 4 heteroatoms. The first kappa shape index (κ1) is 13.4. The van der Waals surface area contributed by atoms with E-state index in [1.807, 2.05) is 19.1 Å². The van der Waals surface area contributed by atoms with Crippen molar-refractivity contribution in [2.45, 2.75) is 19.4 Å². The summed E-state index contributed by atoms with van der Waals surface area (Å²) in [6, 6.07) is 12.1. The molecule has 2 aromatic rings. The maximum absolute atomic E-state index is 6.09. The molecule has 3 rings (SSSR count). The lowest BCUT2D eigenvalue weighted by Gasteiger charge is -2.20. The molecule has 1 unspecified atom stereocenters. The molecule has 1 aliphatic heterocycles. The number of nitrogens with one attached hydrogen (secondary N) is 1. The molecule has 0 aliphatic carbocycles. The SMILES string of the molecule is Cc1cc(C(NN)c2cccc3c2OCC3)ccc1Cl. The van der Waals surface area contributed by atoms with Gasteiger partial charge in [-0.25, -0.2) is 5.43 Å². The molecule has 0 saturated heterocycles. The molecule has 0 bridgehead atoms. The Morgan fingerprint density at radius 3 is 2.90 bits per heavy atom. The number of hydrogen-bond donors (Lipinski definition) is 2. The van der Waals surface area contributed by atoms with Crippen molar-refractivity contribution in [2.75, 3.05) is 6.61 Å². The minimum Gasteiger partial charge on any atom is -0.493 e. The zero-order valence-electron chi connectivity index (χ0n) is 11.3. The van der Waals surface area contributed by atoms with Crippen molar-refractivity contribution in [2.24, 2.45) is 5.84 Å². The van der Waals surface area contributed by atoms with E-state index in [4.69, 9.17) is 22.2 Å². The molecular weight excluding hydrogens is 272 g/mol. The summed E-state index contributed by atoms with van der Waals surface area (Å²) >= 11 is 6.09. The van der Waals surface area contributed by atoms with Crippen molar-refractivity contribution in [3.05, 3.63) is 63.7 Å². The second-order valence-electron chi connectivity index (χ2n) is 5.04. The number of hydrazine groups is 1. The minimum atomic E-state index is -0.0981. The second-order valence-corrected chi connectivity index (χ2v) is 5.45. The fourth-order valence-electron chi connectivity index (χ4n) is 2.68. The van der Waals surface area contributed by atoms with Gasteiger partial charge in [0, 0.05) is 17.0 Å². The predicted molar refractivity (Wildman–Crippen MR) is 81.0 cm³/mol. The first-order chi connectivity index (χ1) is 9.70. The Labute approximate surface area is 123 Å². The van der Waals surface area contributed by atoms with Crippen molar-refractivity contribution >= 4 is 11.6 Å². The van der Waals surface area contributed by atoms with Gasteiger partial charge in [-0.2, -0.15) is 0 Å². The van der Waals surface area contributed by atoms with Gasteiger partial charge in [0.05, 0.1) is 12.6 Å². The quantitative estimate of drug-likeness (QED) is 0.674. The molecule has 1 heterocycles. The summed E-state index contributed by atoms with van der Waals surface area (Å²) < 4.78 is 5.77. The summed E-state index contributed by atoms with van der Waals surface area (Å²) in [4.78, 5) is 0. The normalized spacial score (nSPS) is 14.8. The topological polar surface area (TPSA) is 47.3 Å². The van der Waals surface area contributed by atoms with E-state index >= 15 is 0 Å². The van der Waals surface area contributed by atoms with E-state index in [9.17, 15) is 0 Å². The van der Waals surface area contributed by atoms with E-state index in [0.717, 1.165) is 40.5 Å². The predicted octanol–water partition coefficient (Wildman–Crippen LogP) is 3.14. The zero-order valence-corrected chi connectivity index (χ0v) is 12.1. The third-order valence-electron chi connectivity index (χ3n) is 3.74. The maximum atomic E-state index is 6.09. The lowest BCUT2D eigenvalue weighted by Crippen LogP contribution is -2.29. The van der Waals surface area contributed by atoms with Crippen molar-refractivity contribution in [1.29, 1.82) is 0 Å². The van der Waals surface area contributed by atoms with Gasteiger partial charge < -0.3 is 4.74 Å². The number of fused-ring (bicyclic) bond motifs is 1. The second kappa shape index (κ2) is 5.44. The number of para-hydroxylation sites is 1. The summed E-state index contributed by atoms with van der Waals surface area (Å²) in [5, 5.41) is 0.763. The monoisotopic (exact) mass is 288 g/mol. The summed E-state index contributed by atoms with van der Waals surface area (Å²) in [5.41, 5.74) is 7.33. The molecule has 0 spiro atoms. The van der Waals surface area contributed by atoms with Gasteiger partial charge in [0.25, 0.3) is 0 Å². The number of benzene rings is 2. The van der Waals surface area contributed by atoms with Crippen LogP contribution in [0.25, 0.3) is 0 Å². The average molecular weight is 289 g/mol. The van der Waals surface area contributed by atoms with Crippen LogP contribution in [0.5, 0.6) is 5.75 Å². The van der Waals surface area contributed by atoms with Gasteiger partial charge in [-0.05, 0) is 29.7 Å². The van der Waals surface area contributed by atoms with Crippen LogP contribution in [0.1, 0.15) is 28.3 Å². The lowest BCUT2D eigenvalue weighted by atomic mass is 9.95. The number of halogens is 1. The Balaban J connectivity index is 2.06. The van der Waals surface area contributed by atoms with E-state index in [0.29, 0.717) is 0 Å². The van der Waals surface area contributed by atoms with Crippen molar-refractivity contribution < 1.29 is 4.74 Å². The van der Waals surface area contributed by atoms with Crippen molar-refractivity contribution in [1.82, 2.24) is 5.43 Å². The van der Waals surface area contributed by atoms with Crippen LogP contribution in [0, 0.1) is 6.92 Å². The molecule has 20 heavy (non-hydrogen) atoms. The molecule has 0 saturated carbocycles. The average Bonchev–Trinajstić information content (AvgIpc) is 2.93. The van der Waals surface area contributed by atoms with Gasteiger partial charge in [-0.1, -0.05) is 41.9 Å². The summed E-state index contributed by atoms with van der Waals surface area (Å²) in [6.45, 7) is 2.73. The van der Waals surface area contributed by atoms with Gasteiger partial charge in [-0.15, -0.1) is 0 Å². The van der Waals surface area contributed by atoms with E-state index in [1.54, 1.807) is 0 Å². The van der Waals surface area contributed by atoms with Crippen LogP contribution < -0.4 is 16.0 Å². The highest BCUT2D eigenvalue weighted by Crippen LogP contribution is 2.36. The Kier molecular flexibility index (Phi) is 3.66. The molecule has 3 N–H and O–H groups in total. The molecule has 1 atom stereocenters. The van der Waals surface area contributed by atoms with Gasteiger partial charge in [0.1, 0.15) is 5.75 Å². The minimum absolute atomic E-state index is 0.0981. The molecule has 1 aliphatic rings. The highest BCUT2D eigenvalue weighted by atomic mass is 35.5. The Bertz CT molecular complexity index is 642. The highest BCUT2D eigenvalue weighted by Gasteiger charge is 2.22. The lowest BCUT2D eigenvalue weighted by molar-refractivity contribution is 0.350. The van der Waals surface area contributed by atoms with Crippen molar-refractivity contribution in [3.63, 3.8) is 0 Å². The first-order valence-corrected chi connectivity index (χ1v) is 7.05. The number of aryl methyl sites for hydroxylation is 1. The molecule has 3 nitrogen and oxygen atoms in total. The van der Waals surface area contributed by atoms with Crippen LogP contribution in [-0.4, -0.2) is 6.61 Å². The largest absolute Gasteiger partial charge is 0.493 e. The molecule has 0 radical (unpaired) electrons. The Hall–Kier alpha value is -1.55. The van der Waals surface area contributed by atoms with Crippen LogP contribution >= 0.6 is 11.6 Å². The number of rotatable bonds is 3. The third-order valence-corrected chi connectivity index (χ3v) is 4.16. The standard InChI is InChI=1S/C16H17ClN2O/c1-10-9-12(5-6-14(10)17)15(19-18)13-4-2-3-11-7-8-20-16(11)13/h2-6,9,15,19H,7-8,18H2,1H3. The van der Waals surface area contributed by atoms with Crippen molar-refractivity contribution in [3.8, 4) is 5.75 Å². The molecule has 0 aromatic heterocycles. The van der Waals surface area contributed by atoms with Crippen LogP contribution in [0.2, 0.25) is 5.02 Å². The molecule has 104 valence electrons. The maximum Gasteiger partial charge on any atom is 0.127 e. The number of nitrogens with two attached hydrogens (primary N) is 1. The van der Waals surface area contributed by atoms with Crippen LogP contribution in [0.15, 0.2) is 36.4 Å². The van der Waals surface area contributed by atoms with Gasteiger partial charge in [-0.3, -0.25) is 5.84 Å². The van der Waals surface area contributed by atoms with Gasteiger partial charge in [0.2, 0.25) is 0 Å². The highest BCUT2D eigenvalue weighted by molar-refractivity contribution is 6.31. The summed E-state index contributed by atoms with van der Waals surface area (Å²) in [7, 11) is 0. The van der Waals surface area contributed by atoms with Gasteiger partial charge in [0.15, 0.2) is 0 Å². The molecule has 0 fully saturated rings. The Morgan fingerprint density at radius 1 is 1.30 bits per heavy atom. The number of hydrogen-bond acceptors (Lipinski definition) is 3. The fraction of sp³-hybridized carbons (Fsp3) is 0.250. The van der Waals surface area contributed by atoms with Crippen LogP contribution in [0.4, 0.5) is 0 Å². The molecule has 0 amide bonds. The number of ether oxygens (including phenoxy) is 1. The van der Waals surface area contributed by atoms with Crippen LogP contribution in [-0.2, 0) is 6.42 Å². The first-order valence-electron chi connectivity index (χ1n) is 6.67. The summed E-state index contributed by atoms with van der Waals surface area (Å²) in [6.07, 6.45) is 0.958. The Morgan fingerprint density at radius 2 is 2.15 bits per heavy atom. The van der Waals surface area contributed by atoms with Gasteiger partial charge >= 0.3 is 0 Å². The van der Waals surface area contributed by atoms with E-state index in [-0.39, 0.29) is 6.04 Å². The summed E-state index contributed by atoms with van der Waals surface area (Å²) in [5.74, 6) is 6.74. The fourth-order valence-corrected chi connectivity index (χ4v) is 2.80. The van der Waals surface area contributed by atoms with Crippen LogP contribution in [0.3, 0.4) is 0 Å².